The van der Waals surface area contributed by atoms with Gasteiger partial charge in [-0.15, -0.1) is 0 Å². The number of sulfonamides is 1. The van der Waals surface area contributed by atoms with E-state index in [1.165, 1.54) is 4.90 Å². The molecule has 0 aliphatic rings. The van der Waals surface area contributed by atoms with Gasteiger partial charge in [-0.3, -0.25) is 13.9 Å². The zero-order valence-corrected chi connectivity index (χ0v) is 25.4. The summed E-state index contributed by atoms with van der Waals surface area (Å²) in [5.41, 5.74) is 3.88. The van der Waals surface area contributed by atoms with Crippen LogP contribution in [-0.4, -0.2) is 50.0 Å². The van der Waals surface area contributed by atoms with Gasteiger partial charge in [0, 0.05) is 23.5 Å². The predicted octanol–water partition coefficient (Wildman–Crippen LogP) is 5.00. The average Bonchev–Trinajstić information content (AvgIpc) is 2.85. The van der Waals surface area contributed by atoms with Gasteiger partial charge in [0.2, 0.25) is 21.8 Å². The molecule has 0 heterocycles. The quantitative estimate of drug-likeness (QED) is 0.330. The molecule has 3 aromatic rings. The fourth-order valence-corrected chi connectivity index (χ4v) is 5.57. The first-order valence-electron chi connectivity index (χ1n) is 12.8. The van der Waals surface area contributed by atoms with Crippen LogP contribution in [0, 0.1) is 13.8 Å². The molecule has 3 aromatic carbocycles. The Morgan fingerprint density at radius 3 is 2.13 bits per heavy atom. The monoisotopic (exact) mass is 613 g/mol. The summed E-state index contributed by atoms with van der Waals surface area (Å²) in [4.78, 5) is 29.1. The molecule has 208 valence electrons. The van der Waals surface area contributed by atoms with Crippen molar-refractivity contribution in [3.63, 3.8) is 0 Å². The number of halogens is 1. The van der Waals surface area contributed by atoms with E-state index in [1.54, 1.807) is 6.07 Å². The zero-order valence-electron chi connectivity index (χ0n) is 23.0. The molecule has 9 heteroatoms. The molecular formula is C30H36BrN3O4S. The molecule has 0 aliphatic heterocycles. The maximum absolute atomic E-state index is 14.1. The standard InChI is InChI=1S/C30H36BrN3O4S/c1-21(2)32-30(36)28(18-24-9-7-6-8-10-24)33(19-25-12-14-26(31)15-13-25)29(35)20-34(39(5,37)38)27-16-11-22(3)17-23(27)4/h6-17,21,28H,18-20H2,1-5H3,(H,32,36). The number of nitrogens with zero attached hydrogens (tertiary/aromatic N) is 2. The minimum absolute atomic E-state index is 0.136. The first-order valence-corrected chi connectivity index (χ1v) is 15.4. The number of carbonyl (C=O) groups is 2. The van der Waals surface area contributed by atoms with Crippen LogP contribution in [-0.2, 0) is 32.6 Å². The summed E-state index contributed by atoms with van der Waals surface area (Å²) in [6, 6.07) is 21.4. The lowest BCUT2D eigenvalue weighted by Gasteiger charge is -2.34. The number of nitrogens with one attached hydrogen (secondary N) is 1. The summed E-state index contributed by atoms with van der Waals surface area (Å²) in [6.45, 7) is 7.18. The largest absolute Gasteiger partial charge is 0.352 e. The SMILES string of the molecule is Cc1ccc(N(CC(=O)N(Cc2ccc(Br)cc2)C(Cc2ccccc2)C(=O)NC(C)C)S(C)(=O)=O)c(C)c1. The molecule has 39 heavy (non-hydrogen) atoms. The highest BCUT2D eigenvalue weighted by molar-refractivity contribution is 9.10. The molecule has 0 saturated carbocycles. The molecule has 1 unspecified atom stereocenters. The third-order valence-corrected chi connectivity index (χ3v) is 7.92. The van der Waals surface area contributed by atoms with E-state index >= 15 is 0 Å². The lowest BCUT2D eigenvalue weighted by Crippen LogP contribution is -2.54. The molecular weight excluding hydrogens is 578 g/mol. The first kappa shape index (κ1) is 30.4. The highest BCUT2D eigenvalue weighted by Gasteiger charge is 2.33. The van der Waals surface area contributed by atoms with Crippen LogP contribution < -0.4 is 9.62 Å². The number of benzene rings is 3. The molecule has 3 rings (SSSR count). The van der Waals surface area contributed by atoms with Crippen molar-refractivity contribution < 1.29 is 18.0 Å². The van der Waals surface area contributed by atoms with E-state index in [2.05, 4.69) is 21.2 Å². The molecule has 0 aliphatic carbocycles. The van der Waals surface area contributed by atoms with E-state index in [0.717, 1.165) is 37.3 Å². The van der Waals surface area contributed by atoms with E-state index in [0.29, 0.717) is 5.69 Å². The van der Waals surface area contributed by atoms with E-state index in [4.69, 9.17) is 0 Å². The molecule has 0 saturated heterocycles. The van der Waals surface area contributed by atoms with Gasteiger partial charge in [0.15, 0.2) is 0 Å². The Labute approximate surface area is 240 Å². The summed E-state index contributed by atoms with van der Waals surface area (Å²) >= 11 is 3.44. The van der Waals surface area contributed by atoms with Gasteiger partial charge in [-0.05, 0) is 62.6 Å². The Hall–Kier alpha value is -3.17. The number of carbonyl (C=O) groups excluding carboxylic acids is 2. The molecule has 0 bridgehead atoms. The van der Waals surface area contributed by atoms with Crippen molar-refractivity contribution in [2.45, 2.75) is 52.7 Å². The lowest BCUT2D eigenvalue weighted by atomic mass is 10.0. The van der Waals surface area contributed by atoms with Crippen molar-refractivity contribution in [3.05, 3.63) is 99.5 Å². The lowest BCUT2D eigenvalue weighted by molar-refractivity contribution is -0.140. The Bertz CT molecular complexity index is 1390. The van der Waals surface area contributed by atoms with Gasteiger partial charge in [0.1, 0.15) is 12.6 Å². The summed E-state index contributed by atoms with van der Waals surface area (Å²) in [7, 11) is -3.81. The Morgan fingerprint density at radius 2 is 1.56 bits per heavy atom. The molecule has 0 fully saturated rings. The Kier molecular flexibility index (Phi) is 10.3. The van der Waals surface area contributed by atoms with Gasteiger partial charge in [0.25, 0.3) is 0 Å². The van der Waals surface area contributed by atoms with Crippen LogP contribution in [0.4, 0.5) is 5.69 Å². The molecule has 2 amide bonds. The third-order valence-electron chi connectivity index (χ3n) is 6.27. The summed E-state index contributed by atoms with van der Waals surface area (Å²) in [5.74, 6) is -0.764. The van der Waals surface area contributed by atoms with Crippen molar-refractivity contribution >= 4 is 43.5 Å². The van der Waals surface area contributed by atoms with E-state index in [1.807, 2.05) is 94.4 Å². The highest BCUT2D eigenvalue weighted by Crippen LogP contribution is 2.25. The molecule has 1 N–H and O–H groups in total. The van der Waals surface area contributed by atoms with Crippen molar-refractivity contribution in [2.75, 3.05) is 17.1 Å². The van der Waals surface area contributed by atoms with Crippen LogP contribution in [0.5, 0.6) is 0 Å². The molecule has 0 radical (unpaired) electrons. The van der Waals surface area contributed by atoms with Crippen molar-refractivity contribution in [1.82, 2.24) is 10.2 Å². The minimum atomic E-state index is -3.81. The van der Waals surface area contributed by atoms with Gasteiger partial charge in [-0.2, -0.15) is 0 Å². The van der Waals surface area contributed by atoms with Crippen LogP contribution in [0.15, 0.2) is 77.3 Å². The number of anilines is 1. The fraction of sp³-hybridized carbons (Fsp3) is 0.333. The number of aryl methyl sites for hydroxylation is 2. The third kappa shape index (κ3) is 8.66. The fourth-order valence-electron chi connectivity index (χ4n) is 4.40. The Balaban J connectivity index is 2.07. The van der Waals surface area contributed by atoms with Crippen LogP contribution >= 0.6 is 15.9 Å². The average molecular weight is 615 g/mol. The number of hydrogen-bond acceptors (Lipinski definition) is 4. The van der Waals surface area contributed by atoms with E-state index < -0.39 is 28.5 Å². The van der Waals surface area contributed by atoms with Crippen molar-refractivity contribution in [1.29, 1.82) is 0 Å². The van der Waals surface area contributed by atoms with Crippen LogP contribution in [0.1, 0.15) is 36.1 Å². The van der Waals surface area contributed by atoms with Crippen LogP contribution in [0.2, 0.25) is 0 Å². The predicted molar refractivity (Wildman–Crippen MR) is 160 cm³/mol. The van der Waals surface area contributed by atoms with Crippen LogP contribution in [0.25, 0.3) is 0 Å². The van der Waals surface area contributed by atoms with Gasteiger partial charge in [-0.1, -0.05) is 76.1 Å². The van der Waals surface area contributed by atoms with Gasteiger partial charge in [-0.25, -0.2) is 8.42 Å². The summed E-state index contributed by atoms with van der Waals surface area (Å²) in [5, 5.41) is 2.95. The Morgan fingerprint density at radius 1 is 0.923 bits per heavy atom. The maximum Gasteiger partial charge on any atom is 0.244 e. The molecule has 1 atom stereocenters. The molecule has 7 nitrogen and oxygen atoms in total. The minimum Gasteiger partial charge on any atom is -0.352 e. The second-order valence-corrected chi connectivity index (χ2v) is 12.9. The molecule has 0 aromatic heterocycles. The van der Waals surface area contributed by atoms with Gasteiger partial charge < -0.3 is 10.2 Å². The zero-order chi connectivity index (χ0) is 28.7. The number of rotatable bonds is 11. The second-order valence-electron chi connectivity index (χ2n) is 10.1. The van der Waals surface area contributed by atoms with E-state index in [-0.39, 0.29) is 24.9 Å². The smallest absolute Gasteiger partial charge is 0.244 e. The van der Waals surface area contributed by atoms with Crippen molar-refractivity contribution in [2.24, 2.45) is 0 Å². The first-order chi connectivity index (χ1) is 18.3. The summed E-state index contributed by atoms with van der Waals surface area (Å²) in [6.07, 6.45) is 1.37. The van der Waals surface area contributed by atoms with Crippen LogP contribution in [0.3, 0.4) is 0 Å². The number of hydrogen-bond donors (Lipinski definition) is 1. The molecule has 0 spiro atoms. The normalized spacial score (nSPS) is 12.2. The van der Waals surface area contributed by atoms with E-state index in [9.17, 15) is 18.0 Å². The highest BCUT2D eigenvalue weighted by atomic mass is 79.9. The van der Waals surface area contributed by atoms with Crippen molar-refractivity contribution in [3.8, 4) is 0 Å². The topological polar surface area (TPSA) is 86.8 Å². The summed E-state index contributed by atoms with van der Waals surface area (Å²) < 4.78 is 27.9. The van der Waals surface area contributed by atoms with Gasteiger partial charge in [0.05, 0.1) is 11.9 Å². The second kappa shape index (κ2) is 13.3. The van der Waals surface area contributed by atoms with Gasteiger partial charge >= 0.3 is 0 Å². The maximum atomic E-state index is 14.1. The number of amides is 2.